The van der Waals surface area contributed by atoms with Crippen molar-refractivity contribution < 1.29 is 14.1 Å². The van der Waals surface area contributed by atoms with E-state index in [9.17, 15) is 9.59 Å². The van der Waals surface area contributed by atoms with E-state index in [0.29, 0.717) is 12.2 Å². The summed E-state index contributed by atoms with van der Waals surface area (Å²) in [6.07, 6.45) is 1.32. The summed E-state index contributed by atoms with van der Waals surface area (Å²) in [6, 6.07) is 15.0. The normalized spacial score (nSPS) is 20.7. The van der Waals surface area contributed by atoms with Crippen molar-refractivity contribution in [2.24, 2.45) is 0 Å². The number of imide groups is 1. The lowest BCUT2D eigenvalue weighted by Crippen LogP contribution is -2.41. The molecular formula is C21H18N4O3. The maximum absolute atomic E-state index is 13.2. The maximum atomic E-state index is 13.2. The van der Waals surface area contributed by atoms with E-state index in [2.05, 4.69) is 15.5 Å². The second kappa shape index (κ2) is 6.02. The molecule has 0 radical (unpaired) electrons. The van der Waals surface area contributed by atoms with Crippen molar-refractivity contribution in [2.45, 2.75) is 31.8 Å². The van der Waals surface area contributed by atoms with Crippen molar-refractivity contribution >= 4 is 11.9 Å². The molecule has 1 aromatic heterocycles. The van der Waals surface area contributed by atoms with Crippen molar-refractivity contribution in [2.75, 3.05) is 0 Å². The standard InChI is InChI=1S/C21H18N4O3/c1-13-6-2-4-8-15(13)18-22-17(28-24-18)12-25-19(26)21(23-20(25)27)11-10-14-7-3-5-9-16(14)21/h2-9H,10-12H2,1H3,(H,23,27). The monoisotopic (exact) mass is 374 g/mol. The summed E-state index contributed by atoms with van der Waals surface area (Å²) in [5.41, 5.74) is 2.87. The summed E-state index contributed by atoms with van der Waals surface area (Å²) in [4.78, 5) is 31.3. The SMILES string of the molecule is Cc1ccccc1-c1noc(CN2C(=O)NC3(CCc4ccccc43)C2=O)n1. The van der Waals surface area contributed by atoms with E-state index >= 15 is 0 Å². The molecule has 1 fully saturated rings. The number of nitrogens with zero attached hydrogens (tertiary/aromatic N) is 3. The third-order valence-corrected chi connectivity index (χ3v) is 5.57. The first-order valence-corrected chi connectivity index (χ1v) is 9.19. The molecule has 3 amide bonds. The van der Waals surface area contributed by atoms with E-state index in [1.54, 1.807) is 0 Å². The molecule has 1 saturated heterocycles. The molecule has 0 bridgehead atoms. The number of nitrogens with one attached hydrogen (secondary N) is 1. The van der Waals surface area contributed by atoms with Gasteiger partial charge in [0, 0.05) is 5.56 Å². The van der Waals surface area contributed by atoms with Gasteiger partial charge in [-0.1, -0.05) is 53.7 Å². The predicted octanol–water partition coefficient (Wildman–Crippen LogP) is 2.94. The number of urea groups is 1. The van der Waals surface area contributed by atoms with Gasteiger partial charge < -0.3 is 9.84 Å². The predicted molar refractivity (Wildman–Crippen MR) is 100.0 cm³/mol. The van der Waals surface area contributed by atoms with E-state index in [4.69, 9.17) is 4.52 Å². The first-order chi connectivity index (χ1) is 13.6. The minimum Gasteiger partial charge on any atom is -0.337 e. The number of hydrogen-bond acceptors (Lipinski definition) is 5. The van der Waals surface area contributed by atoms with Gasteiger partial charge in [0.25, 0.3) is 5.91 Å². The quantitative estimate of drug-likeness (QED) is 0.712. The molecule has 2 aliphatic rings. The Hall–Kier alpha value is -3.48. The number of aryl methyl sites for hydroxylation is 2. The number of fused-ring (bicyclic) bond motifs is 2. The van der Waals surface area contributed by atoms with Crippen LogP contribution in [0.15, 0.2) is 53.1 Å². The van der Waals surface area contributed by atoms with Crippen molar-refractivity contribution in [3.05, 3.63) is 71.1 Å². The number of amides is 3. The second-order valence-corrected chi connectivity index (χ2v) is 7.21. The maximum Gasteiger partial charge on any atom is 0.325 e. The molecule has 1 aliphatic carbocycles. The van der Waals surface area contributed by atoms with E-state index in [1.807, 2.05) is 55.5 Å². The minimum atomic E-state index is -0.980. The van der Waals surface area contributed by atoms with E-state index in [-0.39, 0.29) is 18.3 Å². The Morgan fingerprint density at radius 2 is 1.93 bits per heavy atom. The zero-order valence-corrected chi connectivity index (χ0v) is 15.3. The van der Waals surface area contributed by atoms with E-state index < -0.39 is 11.6 Å². The number of rotatable bonds is 3. The van der Waals surface area contributed by atoms with Gasteiger partial charge in [0.15, 0.2) is 0 Å². The van der Waals surface area contributed by atoms with Gasteiger partial charge in [0.1, 0.15) is 12.1 Å². The van der Waals surface area contributed by atoms with Crippen LogP contribution in [0.2, 0.25) is 0 Å². The van der Waals surface area contributed by atoms with Crippen molar-refractivity contribution in [1.29, 1.82) is 0 Å². The van der Waals surface area contributed by atoms with Crippen LogP contribution >= 0.6 is 0 Å². The molecule has 0 saturated carbocycles. The van der Waals surface area contributed by atoms with Crippen LogP contribution in [0.25, 0.3) is 11.4 Å². The Morgan fingerprint density at radius 1 is 1.14 bits per heavy atom. The number of carbonyl (C=O) groups excluding carboxylic acids is 2. The molecule has 1 unspecified atom stereocenters. The molecule has 140 valence electrons. The largest absolute Gasteiger partial charge is 0.337 e. The summed E-state index contributed by atoms with van der Waals surface area (Å²) >= 11 is 0. The van der Waals surface area contributed by atoms with Gasteiger partial charge in [-0.2, -0.15) is 4.98 Å². The van der Waals surface area contributed by atoms with Crippen LogP contribution in [0, 0.1) is 6.92 Å². The van der Waals surface area contributed by atoms with Gasteiger partial charge in [0.2, 0.25) is 11.7 Å². The topological polar surface area (TPSA) is 88.3 Å². The highest BCUT2D eigenvalue weighted by molar-refractivity contribution is 6.08. The smallest absolute Gasteiger partial charge is 0.325 e. The number of aromatic nitrogens is 2. The summed E-state index contributed by atoms with van der Waals surface area (Å²) in [7, 11) is 0. The van der Waals surface area contributed by atoms with Crippen LogP contribution in [0.4, 0.5) is 4.79 Å². The molecule has 1 atom stereocenters. The first kappa shape index (κ1) is 16.7. The lowest BCUT2D eigenvalue weighted by molar-refractivity contribution is -0.132. The average Bonchev–Trinajstić information content (AvgIpc) is 3.37. The summed E-state index contributed by atoms with van der Waals surface area (Å²) in [6.45, 7) is 1.91. The Balaban J connectivity index is 1.42. The second-order valence-electron chi connectivity index (χ2n) is 7.21. The Bertz CT molecular complexity index is 1110. The number of benzene rings is 2. The van der Waals surface area contributed by atoms with Crippen LogP contribution in [0.3, 0.4) is 0 Å². The van der Waals surface area contributed by atoms with Gasteiger partial charge in [-0.25, -0.2) is 4.79 Å². The lowest BCUT2D eigenvalue weighted by atomic mass is 9.92. The highest BCUT2D eigenvalue weighted by atomic mass is 16.5. The zero-order chi connectivity index (χ0) is 19.3. The fourth-order valence-corrected chi connectivity index (χ4v) is 4.12. The van der Waals surface area contributed by atoms with Gasteiger partial charge in [-0.15, -0.1) is 0 Å². The highest BCUT2D eigenvalue weighted by Crippen LogP contribution is 2.41. The molecular weight excluding hydrogens is 356 g/mol. The molecule has 2 aromatic carbocycles. The van der Waals surface area contributed by atoms with Gasteiger partial charge in [-0.05, 0) is 36.5 Å². The number of hydrogen-bond donors (Lipinski definition) is 1. The molecule has 1 N–H and O–H groups in total. The minimum absolute atomic E-state index is 0.0482. The third kappa shape index (κ3) is 2.36. The molecule has 7 nitrogen and oxygen atoms in total. The molecule has 1 spiro atoms. The van der Waals surface area contributed by atoms with Crippen LogP contribution in [-0.2, 0) is 23.3 Å². The summed E-state index contributed by atoms with van der Waals surface area (Å²) in [5, 5.41) is 6.91. The van der Waals surface area contributed by atoms with Crippen molar-refractivity contribution in [3.8, 4) is 11.4 Å². The fraction of sp³-hybridized carbons (Fsp3) is 0.238. The molecule has 1 aliphatic heterocycles. The highest BCUT2D eigenvalue weighted by Gasteiger charge is 2.55. The van der Waals surface area contributed by atoms with Crippen LogP contribution < -0.4 is 5.32 Å². The molecule has 7 heteroatoms. The molecule has 28 heavy (non-hydrogen) atoms. The molecule has 5 rings (SSSR count). The van der Waals surface area contributed by atoms with E-state index in [0.717, 1.165) is 33.6 Å². The fourth-order valence-electron chi connectivity index (χ4n) is 4.12. The van der Waals surface area contributed by atoms with Gasteiger partial charge >= 0.3 is 6.03 Å². The van der Waals surface area contributed by atoms with Gasteiger partial charge in [0.05, 0.1) is 0 Å². The van der Waals surface area contributed by atoms with Crippen LogP contribution in [-0.4, -0.2) is 27.0 Å². The zero-order valence-electron chi connectivity index (χ0n) is 15.3. The Morgan fingerprint density at radius 3 is 2.79 bits per heavy atom. The Labute approximate surface area is 161 Å². The average molecular weight is 374 g/mol. The Kier molecular flexibility index (Phi) is 3.58. The van der Waals surface area contributed by atoms with Gasteiger partial charge in [-0.3, -0.25) is 9.69 Å². The van der Waals surface area contributed by atoms with Crippen molar-refractivity contribution in [1.82, 2.24) is 20.4 Å². The summed E-state index contributed by atoms with van der Waals surface area (Å²) in [5.74, 6) is 0.407. The lowest BCUT2D eigenvalue weighted by Gasteiger charge is -2.21. The molecule has 3 aromatic rings. The van der Waals surface area contributed by atoms with E-state index in [1.165, 1.54) is 0 Å². The molecule has 2 heterocycles. The first-order valence-electron chi connectivity index (χ1n) is 9.19. The van der Waals surface area contributed by atoms with Crippen molar-refractivity contribution in [3.63, 3.8) is 0 Å². The van der Waals surface area contributed by atoms with Crippen LogP contribution in [0.1, 0.15) is 29.0 Å². The van der Waals surface area contributed by atoms with Crippen LogP contribution in [0.5, 0.6) is 0 Å². The third-order valence-electron chi connectivity index (χ3n) is 5.57. The number of carbonyl (C=O) groups is 2. The summed E-state index contributed by atoms with van der Waals surface area (Å²) < 4.78 is 5.32.